The molecule has 1 saturated carbocycles. The van der Waals surface area contributed by atoms with Crippen LogP contribution in [0.5, 0.6) is 11.5 Å². The van der Waals surface area contributed by atoms with Crippen molar-refractivity contribution in [3.8, 4) is 11.5 Å². The molecule has 1 unspecified atom stereocenters. The number of nitrogens with one attached hydrogen (secondary N) is 2. The van der Waals surface area contributed by atoms with Crippen LogP contribution < -0.4 is 14.8 Å². The van der Waals surface area contributed by atoms with Crippen LogP contribution in [0, 0.1) is 12.7 Å². The number of aromatic nitrogens is 2. The molecular weight excluding hydrogens is 417 g/mol. The SMILES string of the molecule is Cc1ccc2c3c(ccc2n1)OCC(CNC1CCC(c2c[nH]c4ccc(F)cc24)CC1)O3. The highest BCUT2D eigenvalue weighted by atomic mass is 19.1. The molecule has 6 rings (SSSR count). The van der Waals surface area contributed by atoms with Crippen molar-refractivity contribution in [1.29, 1.82) is 0 Å². The molecule has 1 atom stereocenters. The molecule has 33 heavy (non-hydrogen) atoms. The summed E-state index contributed by atoms with van der Waals surface area (Å²) in [5.41, 5.74) is 4.19. The fourth-order valence-corrected chi connectivity index (χ4v) is 5.34. The number of fused-ring (bicyclic) bond motifs is 4. The predicted octanol–water partition coefficient (Wildman–Crippen LogP) is 5.62. The van der Waals surface area contributed by atoms with Gasteiger partial charge in [-0.05, 0) is 86.6 Å². The van der Waals surface area contributed by atoms with Crippen molar-refractivity contribution < 1.29 is 13.9 Å². The number of aromatic amines is 1. The molecule has 0 saturated heterocycles. The van der Waals surface area contributed by atoms with E-state index in [1.807, 2.05) is 31.2 Å². The summed E-state index contributed by atoms with van der Waals surface area (Å²) in [7, 11) is 0. The first-order valence-corrected chi connectivity index (χ1v) is 11.8. The van der Waals surface area contributed by atoms with E-state index in [1.165, 1.54) is 11.6 Å². The van der Waals surface area contributed by atoms with Crippen LogP contribution >= 0.6 is 0 Å². The number of pyridine rings is 1. The monoisotopic (exact) mass is 445 g/mol. The average Bonchev–Trinajstić information content (AvgIpc) is 3.25. The molecule has 2 aromatic carbocycles. The Hall–Kier alpha value is -3.12. The summed E-state index contributed by atoms with van der Waals surface area (Å²) in [6, 6.07) is 13.5. The molecule has 4 aromatic rings. The van der Waals surface area contributed by atoms with Crippen LogP contribution in [-0.4, -0.2) is 35.3 Å². The highest BCUT2D eigenvalue weighted by Gasteiger charge is 2.27. The van der Waals surface area contributed by atoms with Crippen LogP contribution in [0.1, 0.15) is 42.9 Å². The van der Waals surface area contributed by atoms with Gasteiger partial charge in [-0.25, -0.2) is 4.39 Å². The summed E-state index contributed by atoms with van der Waals surface area (Å²) in [5.74, 6) is 1.89. The van der Waals surface area contributed by atoms with Gasteiger partial charge in [0.05, 0.1) is 5.52 Å². The van der Waals surface area contributed by atoms with Crippen molar-refractivity contribution in [1.82, 2.24) is 15.3 Å². The third kappa shape index (κ3) is 3.93. The number of nitrogens with zero attached hydrogens (tertiary/aromatic N) is 1. The number of aryl methyl sites for hydroxylation is 1. The first kappa shape index (κ1) is 20.5. The van der Waals surface area contributed by atoms with E-state index in [4.69, 9.17) is 9.47 Å². The Morgan fingerprint density at radius 3 is 2.82 bits per heavy atom. The topological polar surface area (TPSA) is 59.2 Å². The summed E-state index contributed by atoms with van der Waals surface area (Å²) in [5, 5.41) is 5.72. The summed E-state index contributed by atoms with van der Waals surface area (Å²) in [6.45, 7) is 3.29. The van der Waals surface area contributed by atoms with E-state index in [-0.39, 0.29) is 11.9 Å². The minimum absolute atomic E-state index is 0.0290. The molecule has 0 bridgehead atoms. The molecule has 0 amide bonds. The zero-order valence-electron chi connectivity index (χ0n) is 18.7. The van der Waals surface area contributed by atoms with Crippen LogP contribution in [0.25, 0.3) is 21.8 Å². The molecule has 1 aliphatic carbocycles. The summed E-state index contributed by atoms with van der Waals surface area (Å²) < 4.78 is 26.1. The Morgan fingerprint density at radius 2 is 1.94 bits per heavy atom. The number of rotatable bonds is 4. The van der Waals surface area contributed by atoms with Crippen LogP contribution in [0.15, 0.2) is 48.7 Å². The normalized spacial score (nSPS) is 22.7. The van der Waals surface area contributed by atoms with E-state index in [2.05, 4.69) is 27.5 Å². The molecule has 6 heteroatoms. The van der Waals surface area contributed by atoms with Crippen molar-refractivity contribution in [2.24, 2.45) is 0 Å². The van der Waals surface area contributed by atoms with Crippen molar-refractivity contribution in [2.75, 3.05) is 13.2 Å². The minimum atomic E-state index is -0.173. The van der Waals surface area contributed by atoms with Gasteiger partial charge in [0.1, 0.15) is 18.5 Å². The standard InChI is InChI=1S/C27H28FN3O2/c1-16-2-8-21-25(31-16)10-11-26-27(21)33-20(15-32-26)13-29-19-6-3-17(4-7-19)23-14-30-24-9-5-18(28)12-22(23)24/h2,5,8-12,14,17,19-20,29-30H,3-4,6-7,13,15H2,1H3. The van der Waals surface area contributed by atoms with Gasteiger partial charge in [0.2, 0.25) is 0 Å². The maximum Gasteiger partial charge on any atom is 0.171 e. The van der Waals surface area contributed by atoms with Gasteiger partial charge >= 0.3 is 0 Å². The van der Waals surface area contributed by atoms with Gasteiger partial charge in [0.25, 0.3) is 0 Å². The van der Waals surface area contributed by atoms with E-state index in [0.717, 1.165) is 71.2 Å². The highest BCUT2D eigenvalue weighted by Crippen LogP contribution is 2.39. The molecule has 170 valence electrons. The Kier molecular flexibility index (Phi) is 5.18. The smallest absolute Gasteiger partial charge is 0.171 e. The first-order chi connectivity index (χ1) is 16.1. The molecule has 2 aliphatic rings. The van der Waals surface area contributed by atoms with Gasteiger partial charge in [-0.3, -0.25) is 4.98 Å². The molecular formula is C27H28FN3O2. The third-order valence-electron chi connectivity index (χ3n) is 7.11. The lowest BCUT2D eigenvalue weighted by molar-refractivity contribution is 0.0885. The van der Waals surface area contributed by atoms with Gasteiger partial charge in [0, 0.05) is 40.8 Å². The second-order valence-corrected chi connectivity index (χ2v) is 9.35. The van der Waals surface area contributed by atoms with E-state index in [0.29, 0.717) is 18.6 Å². The molecule has 1 fully saturated rings. The van der Waals surface area contributed by atoms with Crippen LogP contribution in [-0.2, 0) is 0 Å². The van der Waals surface area contributed by atoms with Gasteiger partial charge in [-0.1, -0.05) is 0 Å². The third-order valence-corrected chi connectivity index (χ3v) is 7.11. The number of hydrogen-bond acceptors (Lipinski definition) is 4. The summed E-state index contributed by atoms with van der Waals surface area (Å²) >= 11 is 0. The second kappa shape index (κ2) is 8.34. The van der Waals surface area contributed by atoms with Crippen LogP contribution in [0.2, 0.25) is 0 Å². The van der Waals surface area contributed by atoms with Gasteiger partial charge in [-0.15, -0.1) is 0 Å². The number of ether oxygens (including phenoxy) is 2. The lowest BCUT2D eigenvalue weighted by Crippen LogP contribution is -2.43. The Balaban J connectivity index is 1.07. The molecule has 0 spiro atoms. The first-order valence-electron chi connectivity index (χ1n) is 11.8. The zero-order valence-corrected chi connectivity index (χ0v) is 18.7. The number of hydrogen-bond donors (Lipinski definition) is 2. The second-order valence-electron chi connectivity index (χ2n) is 9.35. The summed E-state index contributed by atoms with van der Waals surface area (Å²) in [6.07, 6.45) is 6.43. The summed E-state index contributed by atoms with van der Waals surface area (Å²) in [4.78, 5) is 7.90. The molecule has 5 nitrogen and oxygen atoms in total. The highest BCUT2D eigenvalue weighted by molar-refractivity contribution is 5.88. The zero-order chi connectivity index (χ0) is 22.4. The lowest BCUT2D eigenvalue weighted by atomic mass is 9.81. The molecule has 2 aromatic heterocycles. The minimum Gasteiger partial charge on any atom is -0.486 e. The Morgan fingerprint density at radius 1 is 1.06 bits per heavy atom. The number of benzene rings is 2. The van der Waals surface area contributed by atoms with Crippen LogP contribution in [0.4, 0.5) is 4.39 Å². The van der Waals surface area contributed by atoms with Crippen molar-refractivity contribution in [3.63, 3.8) is 0 Å². The lowest BCUT2D eigenvalue weighted by Gasteiger charge is -2.32. The maximum atomic E-state index is 13.7. The Bertz CT molecular complexity index is 1310. The van der Waals surface area contributed by atoms with E-state index < -0.39 is 0 Å². The van der Waals surface area contributed by atoms with E-state index >= 15 is 0 Å². The number of H-pyrrole nitrogens is 1. The van der Waals surface area contributed by atoms with Crippen molar-refractivity contribution in [3.05, 3.63) is 65.7 Å². The maximum absolute atomic E-state index is 13.7. The van der Waals surface area contributed by atoms with Crippen molar-refractivity contribution in [2.45, 2.75) is 50.7 Å². The largest absolute Gasteiger partial charge is 0.486 e. The van der Waals surface area contributed by atoms with Crippen LogP contribution in [0.3, 0.4) is 0 Å². The van der Waals surface area contributed by atoms with E-state index in [9.17, 15) is 4.39 Å². The Labute approximate surface area is 192 Å². The van der Waals surface area contributed by atoms with Gasteiger partial charge in [0.15, 0.2) is 11.5 Å². The average molecular weight is 446 g/mol. The fourth-order valence-electron chi connectivity index (χ4n) is 5.34. The van der Waals surface area contributed by atoms with E-state index in [1.54, 1.807) is 6.07 Å². The molecule has 1 aliphatic heterocycles. The molecule has 0 radical (unpaired) electrons. The quantitative estimate of drug-likeness (QED) is 0.428. The molecule has 2 N–H and O–H groups in total. The predicted molar refractivity (Wildman–Crippen MR) is 128 cm³/mol. The van der Waals surface area contributed by atoms with Crippen molar-refractivity contribution >= 4 is 21.8 Å². The number of halogens is 1. The molecule has 3 heterocycles. The fraction of sp³-hybridized carbons (Fsp3) is 0.370. The van der Waals surface area contributed by atoms with Gasteiger partial charge in [-0.2, -0.15) is 0 Å². The van der Waals surface area contributed by atoms with Gasteiger partial charge < -0.3 is 19.8 Å².